The van der Waals surface area contributed by atoms with Crippen LogP contribution in [0.2, 0.25) is 0 Å². The Kier molecular flexibility index (Phi) is 5.98. The highest BCUT2D eigenvalue weighted by atomic mass is 32.2. The van der Waals surface area contributed by atoms with E-state index in [4.69, 9.17) is 4.74 Å². The molecule has 1 aliphatic heterocycles. The Morgan fingerprint density at radius 3 is 2.48 bits per heavy atom. The SMILES string of the molecule is CC(C)(C)OC(=O)N1CCC[C@H](CN(c2ccccc2)S(C)(=O)=O)C1. The minimum atomic E-state index is -3.39. The largest absolute Gasteiger partial charge is 0.444 e. The molecule has 0 unspecified atom stereocenters. The van der Waals surface area contributed by atoms with Gasteiger partial charge < -0.3 is 9.64 Å². The summed E-state index contributed by atoms with van der Waals surface area (Å²) in [5.74, 6) is 0.0798. The monoisotopic (exact) mass is 368 g/mol. The summed E-state index contributed by atoms with van der Waals surface area (Å²) in [6, 6.07) is 9.07. The molecule has 0 spiro atoms. The summed E-state index contributed by atoms with van der Waals surface area (Å²) in [5.41, 5.74) is 0.117. The van der Waals surface area contributed by atoms with Crippen LogP contribution in [-0.4, -0.2) is 50.9 Å². The fraction of sp³-hybridized carbons (Fsp3) is 0.611. The van der Waals surface area contributed by atoms with Crippen LogP contribution in [0.4, 0.5) is 10.5 Å². The molecule has 0 N–H and O–H groups in total. The maximum atomic E-state index is 12.3. The van der Waals surface area contributed by atoms with Gasteiger partial charge in [0.2, 0.25) is 10.0 Å². The molecule has 0 radical (unpaired) electrons. The van der Waals surface area contributed by atoms with Gasteiger partial charge in [0.1, 0.15) is 5.60 Å². The van der Waals surface area contributed by atoms with E-state index in [1.54, 1.807) is 17.0 Å². The van der Waals surface area contributed by atoms with Crippen molar-refractivity contribution in [3.63, 3.8) is 0 Å². The van der Waals surface area contributed by atoms with Crippen molar-refractivity contribution >= 4 is 21.8 Å². The molecule has 140 valence electrons. The van der Waals surface area contributed by atoms with Crippen molar-refractivity contribution in [1.29, 1.82) is 0 Å². The van der Waals surface area contributed by atoms with E-state index in [0.29, 0.717) is 25.3 Å². The van der Waals surface area contributed by atoms with E-state index in [-0.39, 0.29) is 12.0 Å². The number of hydrogen-bond acceptors (Lipinski definition) is 4. The van der Waals surface area contributed by atoms with Gasteiger partial charge in [-0.25, -0.2) is 13.2 Å². The van der Waals surface area contributed by atoms with Gasteiger partial charge in [0.15, 0.2) is 0 Å². The normalized spacial score (nSPS) is 18.7. The van der Waals surface area contributed by atoms with Gasteiger partial charge in [-0.2, -0.15) is 0 Å². The number of nitrogens with zero attached hydrogens (tertiary/aromatic N) is 2. The van der Waals surface area contributed by atoms with E-state index in [1.807, 2.05) is 39.0 Å². The van der Waals surface area contributed by atoms with Crippen LogP contribution in [0.15, 0.2) is 30.3 Å². The molecular formula is C18H28N2O4S. The van der Waals surface area contributed by atoms with Crippen LogP contribution in [0.5, 0.6) is 0 Å². The predicted octanol–water partition coefficient (Wildman–Crippen LogP) is 3.10. The Bertz CT molecular complexity index is 683. The van der Waals surface area contributed by atoms with E-state index in [0.717, 1.165) is 12.8 Å². The molecule has 25 heavy (non-hydrogen) atoms. The first-order valence-electron chi connectivity index (χ1n) is 8.57. The first-order valence-corrected chi connectivity index (χ1v) is 10.4. The number of carbonyl (C=O) groups excluding carboxylic acids is 1. The molecule has 7 heteroatoms. The lowest BCUT2D eigenvalue weighted by Crippen LogP contribution is -2.46. The van der Waals surface area contributed by atoms with Crippen molar-refractivity contribution in [2.24, 2.45) is 5.92 Å². The topological polar surface area (TPSA) is 66.9 Å². The molecule has 6 nitrogen and oxygen atoms in total. The smallest absolute Gasteiger partial charge is 0.410 e. The maximum Gasteiger partial charge on any atom is 0.410 e. The third-order valence-corrected chi connectivity index (χ3v) is 5.20. The minimum Gasteiger partial charge on any atom is -0.444 e. The standard InChI is InChI=1S/C18H28N2O4S/c1-18(2,3)24-17(21)19-12-8-9-15(13-19)14-20(25(4,22)23)16-10-6-5-7-11-16/h5-7,10-11,15H,8-9,12-14H2,1-4H3/t15-/m0/s1. The summed E-state index contributed by atoms with van der Waals surface area (Å²) >= 11 is 0. The third kappa shape index (κ3) is 5.92. The van der Waals surface area contributed by atoms with Crippen molar-refractivity contribution in [2.75, 3.05) is 30.2 Å². The first-order chi connectivity index (χ1) is 11.6. The number of sulfonamides is 1. The molecular weight excluding hydrogens is 340 g/mol. The Labute approximate surface area is 150 Å². The van der Waals surface area contributed by atoms with E-state index in [2.05, 4.69) is 0 Å². The quantitative estimate of drug-likeness (QED) is 0.819. The van der Waals surface area contributed by atoms with Gasteiger partial charge in [-0.05, 0) is 51.7 Å². The summed E-state index contributed by atoms with van der Waals surface area (Å²) in [4.78, 5) is 14.0. The number of amides is 1. The molecule has 1 aromatic carbocycles. The number of anilines is 1. The van der Waals surface area contributed by atoms with E-state index >= 15 is 0 Å². The molecule has 1 atom stereocenters. The second-order valence-electron chi connectivity index (χ2n) is 7.56. The zero-order valence-electron chi connectivity index (χ0n) is 15.4. The summed E-state index contributed by atoms with van der Waals surface area (Å²) in [7, 11) is -3.39. The summed E-state index contributed by atoms with van der Waals surface area (Å²) < 4.78 is 31.3. The van der Waals surface area contributed by atoms with Gasteiger partial charge in [-0.1, -0.05) is 18.2 Å². The lowest BCUT2D eigenvalue weighted by molar-refractivity contribution is 0.0171. The van der Waals surface area contributed by atoms with Gasteiger partial charge >= 0.3 is 6.09 Å². The highest BCUT2D eigenvalue weighted by Gasteiger charge is 2.30. The average molecular weight is 368 g/mol. The third-order valence-electron chi connectivity index (χ3n) is 4.04. The maximum absolute atomic E-state index is 12.3. The summed E-state index contributed by atoms with van der Waals surface area (Å²) in [6.07, 6.45) is 2.62. The molecule has 2 rings (SSSR count). The molecule has 0 aromatic heterocycles. The second-order valence-corrected chi connectivity index (χ2v) is 9.47. The summed E-state index contributed by atoms with van der Waals surface area (Å²) in [5, 5.41) is 0. The highest BCUT2D eigenvalue weighted by molar-refractivity contribution is 7.92. The lowest BCUT2D eigenvalue weighted by Gasteiger charge is -2.36. The number of likely N-dealkylation sites (tertiary alicyclic amines) is 1. The van der Waals surface area contributed by atoms with Crippen molar-refractivity contribution in [1.82, 2.24) is 4.90 Å². The van der Waals surface area contributed by atoms with Gasteiger partial charge in [-0.3, -0.25) is 4.31 Å². The number of benzene rings is 1. The fourth-order valence-corrected chi connectivity index (χ4v) is 3.95. The van der Waals surface area contributed by atoms with Crippen LogP contribution in [0.3, 0.4) is 0 Å². The molecule has 0 aliphatic carbocycles. The van der Waals surface area contributed by atoms with Crippen molar-refractivity contribution in [3.05, 3.63) is 30.3 Å². The molecule has 1 aliphatic rings. The highest BCUT2D eigenvalue weighted by Crippen LogP contribution is 2.24. The van der Waals surface area contributed by atoms with Gasteiger partial charge in [0, 0.05) is 19.6 Å². The van der Waals surface area contributed by atoms with Gasteiger partial charge in [-0.15, -0.1) is 0 Å². The van der Waals surface area contributed by atoms with E-state index in [1.165, 1.54) is 10.6 Å². The van der Waals surface area contributed by atoms with Crippen molar-refractivity contribution in [3.8, 4) is 0 Å². The number of piperidine rings is 1. The number of ether oxygens (including phenoxy) is 1. The molecule has 0 saturated carbocycles. The number of rotatable bonds is 4. The van der Waals surface area contributed by atoms with Crippen LogP contribution in [-0.2, 0) is 14.8 Å². The molecule has 0 bridgehead atoms. The van der Waals surface area contributed by atoms with Gasteiger partial charge in [0.05, 0.1) is 11.9 Å². The molecule has 1 heterocycles. The zero-order valence-corrected chi connectivity index (χ0v) is 16.3. The van der Waals surface area contributed by atoms with Gasteiger partial charge in [0.25, 0.3) is 0 Å². The predicted molar refractivity (Wildman–Crippen MR) is 99.2 cm³/mol. The summed E-state index contributed by atoms with van der Waals surface area (Å²) in [6.45, 7) is 7.04. The Morgan fingerprint density at radius 1 is 1.28 bits per heavy atom. The number of carbonyl (C=O) groups is 1. The average Bonchev–Trinajstić information content (AvgIpc) is 2.51. The minimum absolute atomic E-state index is 0.0798. The fourth-order valence-electron chi connectivity index (χ4n) is 2.97. The second kappa shape index (κ2) is 7.64. The van der Waals surface area contributed by atoms with Crippen LogP contribution in [0.1, 0.15) is 33.6 Å². The lowest BCUT2D eigenvalue weighted by atomic mass is 9.98. The van der Waals surface area contributed by atoms with E-state index in [9.17, 15) is 13.2 Å². The Morgan fingerprint density at radius 2 is 1.92 bits per heavy atom. The van der Waals surface area contributed by atoms with Crippen LogP contribution in [0, 0.1) is 5.92 Å². The zero-order chi connectivity index (χ0) is 18.7. The van der Waals surface area contributed by atoms with E-state index < -0.39 is 15.6 Å². The van der Waals surface area contributed by atoms with Crippen LogP contribution >= 0.6 is 0 Å². The molecule has 1 fully saturated rings. The number of para-hydroxylation sites is 1. The van der Waals surface area contributed by atoms with Crippen molar-refractivity contribution < 1.29 is 17.9 Å². The molecule has 1 saturated heterocycles. The molecule has 1 aromatic rings. The Balaban J connectivity index is 2.08. The number of hydrogen-bond donors (Lipinski definition) is 0. The van der Waals surface area contributed by atoms with Crippen LogP contribution < -0.4 is 4.31 Å². The van der Waals surface area contributed by atoms with Crippen molar-refractivity contribution in [2.45, 2.75) is 39.2 Å². The molecule has 1 amide bonds. The van der Waals surface area contributed by atoms with Crippen LogP contribution in [0.25, 0.3) is 0 Å². The first kappa shape index (κ1) is 19.6. The Hall–Kier alpha value is -1.76.